The fourth-order valence-electron chi connectivity index (χ4n) is 1.59. The molecule has 2 unspecified atom stereocenters. The Morgan fingerprint density at radius 1 is 1.53 bits per heavy atom. The van der Waals surface area contributed by atoms with Crippen molar-refractivity contribution in [2.24, 2.45) is 0 Å². The maximum atomic E-state index is 12.0. The molecule has 6 heteroatoms. The zero-order chi connectivity index (χ0) is 14.4. The minimum atomic E-state index is -0.837. The van der Waals surface area contributed by atoms with Crippen LogP contribution in [0.25, 0.3) is 0 Å². The van der Waals surface area contributed by atoms with Gasteiger partial charge < -0.3 is 5.32 Å². The molecule has 0 aliphatic heterocycles. The first-order valence-electron chi connectivity index (χ1n) is 6.19. The third kappa shape index (κ3) is 5.70. The zero-order valence-corrected chi connectivity index (χ0v) is 13.0. The first-order chi connectivity index (χ1) is 8.92. The predicted octanol–water partition coefficient (Wildman–Crippen LogP) is 2.18. The van der Waals surface area contributed by atoms with Gasteiger partial charge >= 0.3 is 0 Å². The summed E-state index contributed by atoms with van der Waals surface area (Å²) in [5.74, 6) is 0.409. The van der Waals surface area contributed by atoms with Crippen molar-refractivity contribution >= 4 is 28.3 Å². The van der Waals surface area contributed by atoms with Crippen molar-refractivity contribution < 1.29 is 9.00 Å². The van der Waals surface area contributed by atoms with Gasteiger partial charge in [0.15, 0.2) is 0 Å². The monoisotopic (exact) mass is 302 g/mol. The summed E-state index contributed by atoms with van der Waals surface area (Å²) in [5, 5.41) is 3.20. The van der Waals surface area contributed by atoms with Crippen LogP contribution in [0.3, 0.4) is 0 Å². The fraction of sp³-hybridized carbons (Fsp3) is 0.538. The quantitative estimate of drug-likeness (QED) is 0.820. The maximum absolute atomic E-state index is 12.0. The molecule has 1 aromatic heterocycles. The van der Waals surface area contributed by atoms with E-state index in [0.717, 1.165) is 12.1 Å². The molecule has 0 saturated heterocycles. The molecule has 4 nitrogen and oxygen atoms in total. The molecule has 1 N–H and O–H groups in total. The Bertz CT molecular complexity index is 480. The van der Waals surface area contributed by atoms with Gasteiger partial charge in [-0.2, -0.15) is 0 Å². The molecule has 0 radical (unpaired) electrons. The van der Waals surface area contributed by atoms with Crippen molar-refractivity contribution in [2.45, 2.75) is 32.7 Å². The van der Waals surface area contributed by atoms with Gasteiger partial charge in [0, 0.05) is 40.1 Å². The van der Waals surface area contributed by atoms with Gasteiger partial charge in [0.1, 0.15) is 5.15 Å². The Hall–Kier alpha value is -0.940. The van der Waals surface area contributed by atoms with Gasteiger partial charge in [0.2, 0.25) is 0 Å². The smallest absolute Gasteiger partial charge is 0.251 e. The van der Waals surface area contributed by atoms with Crippen molar-refractivity contribution in [1.29, 1.82) is 0 Å². The van der Waals surface area contributed by atoms with Crippen LogP contribution >= 0.6 is 11.6 Å². The zero-order valence-electron chi connectivity index (χ0n) is 11.4. The van der Waals surface area contributed by atoms with E-state index in [1.54, 1.807) is 18.4 Å². The van der Waals surface area contributed by atoms with E-state index in [0.29, 0.717) is 22.9 Å². The SMILES string of the molecule is CCc1cc(C(=O)NC(C)CCS(C)=O)cc(Cl)n1. The molecule has 0 bridgehead atoms. The number of pyridine rings is 1. The molecular weight excluding hydrogens is 284 g/mol. The number of hydrogen-bond acceptors (Lipinski definition) is 3. The number of aryl methyl sites for hydroxylation is 1. The highest BCUT2D eigenvalue weighted by atomic mass is 35.5. The maximum Gasteiger partial charge on any atom is 0.251 e. The standard InChI is InChI=1S/C13H19ClN2O2S/c1-4-11-7-10(8-12(14)16-11)13(17)15-9(2)5-6-19(3)18/h7-9H,4-6H2,1-3H3,(H,15,17). The number of halogens is 1. The molecule has 1 amide bonds. The normalized spacial score (nSPS) is 13.9. The fourth-order valence-corrected chi connectivity index (χ4v) is 2.50. The summed E-state index contributed by atoms with van der Waals surface area (Å²) in [6.07, 6.45) is 3.07. The van der Waals surface area contributed by atoms with Crippen LogP contribution in [0.5, 0.6) is 0 Å². The number of aromatic nitrogens is 1. The second-order valence-electron chi connectivity index (χ2n) is 4.46. The summed E-state index contributed by atoms with van der Waals surface area (Å²) < 4.78 is 11.0. The van der Waals surface area contributed by atoms with Crippen LogP contribution in [0.2, 0.25) is 5.15 Å². The van der Waals surface area contributed by atoms with E-state index < -0.39 is 10.8 Å². The molecule has 0 aliphatic carbocycles. The summed E-state index contributed by atoms with van der Waals surface area (Å²) in [5.41, 5.74) is 1.31. The highest BCUT2D eigenvalue weighted by molar-refractivity contribution is 7.84. The van der Waals surface area contributed by atoms with Crippen LogP contribution in [0.15, 0.2) is 12.1 Å². The summed E-state index contributed by atoms with van der Waals surface area (Å²) >= 11 is 5.88. The average molecular weight is 303 g/mol. The second kappa shape index (κ2) is 7.60. The Morgan fingerprint density at radius 3 is 2.79 bits per heavy atom. The van der Waals surface area contributed by atoms with Gasteiger partial charge in [0.05, 0.1) is 0 Å². The number of hydrogen-bond donors (Lipinski definition) is 1. The van der Waals surface area contributed by atoms with Crippen LogP contribution in [0.4, 0.5) is 0 Å². The molecule has 0 aliphatic rings. The third-order valence-electron chi connectivity index (χ3n) is 2.69. The second-order valence-corrected chi connectivity index (χ2v) is 6.41. The van der Waals surface area contributed by atoms with E-state index in [1.165, 1.54) is 0 Å². The molecule has 0 fully saturated rings. The lowest BCUT2D eigenvalue weighted by molar-refractivity contribution is 0.0939. The Labute approximate surface area is 121 Å². The molecule has 0 spiro atoms. The van der Waals surface area contributed by atoms with Crippen LogP contribution in [0, 0.1) is 0 Å². The minimum Gasteiger partial charge on any atom is -0.350 e. The molecule has 106 valence electrons. The first kappa shape index (κ1) is 16.1. The summed E-state index contributed by atoms with van der Waals surface area (Å²) in [6, 6.07) is 3.28. The number of rotatable bonds is 6. The van der Waals surface area contributed by atoms with Crippen LogP contribution < -0.4 is 5.32 Å². The summed E-state index contributed by atoms with van der Waals surface area (Å²) in [4.78, 5) is 16.2. The molecular formula is C13H19ClN2O2S. The largest absolute Gasteiger partial charge is 0.350 e. The van der Waals surface area contributed by atoms with E-state index in [9.17, 15) is 9.00 Å². The van der Waals surface area contributed by atoms with Gasteiger partial charge in [-0.05, 0) is 31.9 Å². The lowest BCUT2D eigenvalue weighted by atomic mass is 10.1. The minimum absolute atomic E-state index is 0.0200. The topological polar surface area (TPSA) is 59.1 Å². The van der Waals surface area contributed by atoms with E-state index in [4.69, 9.17) is 11.6 Å². The van der Waals surface area contributed by atoms with Gasteiger partial charge in [-0.3, -0.25) is 9.00 Å². The number of carbonyl (C=O) groups excluding carboxylic acids is 1. The third-order valence-corrected chi connectivity index (χ3v) is 3.69. The highest BCUT2D eigenvalue weighted by Crippen LogP contribution is 2.12. The van der Waals surface area contributed by atoms with E-state index in [-0.39, 0.29) is 11.9 Å². The number of nitrogens with one attached hydrogen (secondary N) is 1. The highest BCUT2D eigenvalue weighted by Gasteiger charge is 2.12. The molecule has 0 saturated carbocycles. The van der Waals surface area contributed by atoms with Crippen molar-refractivity contribution in [1.82, 2.24) is 10.3 Å². The van der Waals surface area contributed by atoms with Crippen molar-refractivity contribution in [3.8, 4) is 0 Å². The van der Waals surface area contributed by atoms with Crippen molar-refractivity contribution in [2.75, 3.05) is 12.0 Å². The van der Waals surface area contributed by atoms with E-state index in [2.05, 4.69) is 10.3 Å². The van der Waals surface area contributed by atoms with Crippen LogP contribution in [-0.4, -0.2) is 33.2 Å². The van der Waals surface area contributed by atoms with Gasteiger partial charge in [-0.1, -0.05) is 18.5 Å². The number of amides is 1. The van der Waals surface area contributed by atoms with Gasteiger partial charge in [-0.25, -0.2) is 4.98 Å². The summed E-state index contributed by atoms with van der Waals surface area (Å²) in [6.45, 7) is 3.85. The molecule has 19 heavy (non-hydrogen) atoms. The van der Waals surface area contributed by atoms with Crippen molar-refractivity contribution in [3.63, 3.8) is 0 Å². The number of carbonyl (C=O) groups is 1. The van der Waals surface area contributed by atoms with E-state index >= 15 is 0 Å². The van der Waals surface area contributed by atoms with Gasteiger partial charge in [0.25, 0.3) is 5.91 Å². The Morgan fingerprint density at radius 2 is 2.21 bits per heavy atom. The first-order valence-corrected chi connectivity index (χ1v) is 8.30. The molecule has 1 heterocycles. The Balaban J connectivity index is 2.67. The lowest BCUT2D eigenvalue weighted by Gasteiger charge is -2.13. The molecule has 0 aromatic carbocycles. The van der Waals surface area contributed by atoms with Gasteiger partial charge in [-0.15, -0.1) is 0 Å². The molecule has 1 aromatic rings. The number of nitrogens with zero attached hydrogens (tertiary/aromatic N) is 1. The molecule has 2 atom stereocenters. The van der Waals surface area contributed by atoms with E-state index in [1.807, 2.05) is 13.8 Å². The predicted molar refractivity (Wildman–Crippen MR) is 79.1 cm³/mol. The van der Waals surface area contributed by atoms with Crippen LogP contribution in [-0.2, 0) is 17.2 Å². The lowest BCUT2D eigenvalue weighted by Crippen LogP contribution is -2.33. The Kier molecular flexibility index (Phi) is 6.45. The summed E-state index contributed by atoms with van der Waals surface area (Å²) in [7, 11) is -0.837. The van der Waals surface area contributed by atoms with Crippen LogP contribution in [0.1, 0.15) is 36.3 Å². The molecule has 1 rings (SSSR count). The van der Waals surface area contributed by atoms with Crippen molar-refractivity contribution in [3.05, 3.63) is 28.5 Å². The average Bonchev–Trinajstić information content (AvgIpc) is 2.35.